The third kappa shape index (κ3) is 1.96. The van der Waals surface area contributed by atoms with Crippen molar-refractivity contribution in [1.29, 1.82) is 0 Å². The minimum absolute atomic E-state index is 1.00. The molecule has 0 spiro atoms. The molecule has 1 aliphatic rings. The van der Waals surface area contributed by atoms with E-state index in [4.69, 9.17) is 0 Å². The summed E-state index contributed by atoms with van der Waals surface area (Å²) in [5.41, 5.74) is 0. The fourth-order valence-electron chi connectivity index (χ4n) is 0.896. The Hall–Kier alpha value is -0.660. The van der Waals surface area contributed by atoms with E-state index in [0.29, 0.717) is 0 Å². The Bertz CT molecular complexity index is 99.1. The van der Waals surface area contributed by atoms with Crippen molar-refractivity contribution >= 4 is 0 Å². The zero-order valence-corrected chi connectivity index (χ0v) is 5.93. The van der Waals surface area contributed by atoms with Crippen LogP contribution in [0.5, 0.6) is 0 Å². The van der Waals surface area contributed by atoms with E-state index in [1.165, 1.54) is 19.4 Å². The first-order valence-corrected chi connectivity index (χ1v) is 3.57. The summed E-state index contributed by atoms with van der Waals surface area (Å²) in [5.74, 6) is 0. The SMILES string of the molecule is CCCCN1C=CNC1. The Morgan fingerprint density at radius 1 is 1.67 bits per heavy atom. The molecule has 2 nitrogen and oxygen atoms in total. The average Bonchev–Trinajstić information content (AvgIpc) is 2.34. The van der Waals surface area contributed by atoms with Crippen molar-refractivity contribution in [1.82, 2.24) is 10.2 Å². The highest BCUT2D eigenvalue weighted by Gasteiger charge is 1.99. The van der Waals surface area contributed by atoms with Crippen LogP contribution in [-0.2, 0) is 0 Å². The second-order valence-corrected chi connectivity index (χ2v) is 2.34. The fraction of sp³-hybridized carbons (Fsp3) is 0.714. The standard InChI is InChI=1S/C7H14N2/c1-2-3-5-9-6-4-8-7-9/h4,6,8H,2-3,5,7H2,1H3. The van der Waals surface area contributed by atoms with E-state index in [1.54, 1.807) is 0 Å². The topological polar surface area (TPSA) is 15.3 Å². The summed E-state index contributed by atoms with van der Waals surface area (Å²) in [7, 11) is 0. The van der Waals surface area contributed by atoms with E-state index in [-0.39, 0.29) is 0 Å². The van der Waals surface area contributed by atoms with Gasteiger partial charge in [-0.25, -0.2) is 0 Å². The highest BCUT2D eigenvalue weighted by Crippen LogP contribution is 1.97. The van der Waals surface area contributed by atoms with Crippen molar-refractivity contribution in [3.8, 4) is 0 Å². The van der Waals surface area contributed by atoms with Crippen molar-refractivity contribution in [2.24, 2.45) is 0 Å². The van der Waals surface area contributed by atoms with Crippen LogP contribution in [0.25, 0.3) is 0 Å². The predicted octanol–water partition coefficient (Wildman–Crippen LogP) is 1.12. The maximum Gasteiger partial charge on any atom is 0.0867 e. The molecule has 9 heavy (non-hydrogen) atoms. The van der Waals surface area contributed by atoms with Crippen LogP contribution in [0.3, 0.4) is 0 Å². The summed E-state index contributed by atoms with van der Waals surface area (Å²) in [6.45, 7) is 4.41. The Kier molecular flexibility index (Phi) is 2.43. The van der Waals surface area contributed by atoms with E-state index < -0.39 is 0 Å². The summed E-state index contributed by atoms with van der Waals surface area (Å²) in [4.78, 5) is 2.28. The van der Waals surface area contributed by atoms with Gasteiger partial charge in [0.05, 0.1) is 6.67 Å². The van der Waals surface area contributed by atoms with Gasteiger partial charge < -0.3 is 10.2 Å². The molecule has 1 rings (SSSR count). The molecule has 0 bridgehead atoms. The summed E-state index contributed by atoms with van der Waals surface area (Å²) < 4.78 is 0. The molecule has 0 aromatic heterocycles. The molecule has 1 heterocycles. The zero-order chi connectivity index (χ0) is 6.53. The van der Waals surface area contributed by atoms with Crippen LogP contribution in [0.4, 0.5) is 0 Å². The first-order chi connectivity index (χ1) is 4.43. The van der Waals surface area contributed by atoms with Gasteiger partial charge in [0.15, 0.2) is 0 Å². The maximum atomic E-state index is 3.13. The van der Waals surface area contributed by atoms with Gasteiger partial charge in [-0.15, -0.1) is 0 Å². The second-order valence-electron chi connectivity index (χ2n) is 2.34. The molecule has 0 fully saturated rings. The molecule has 0 saturated carbocycles. The zero-order valence-electron chi connectivity index (χ0n) is 5.93. The van der Waals surface area contributed by atoms with Crippen LogP contribution in [0.15, 0.2) is 12.4 Å². The van der Waals surface area contributed by atoms with E-state index >= 15 is 0 Å². The molecule has 0 aromatic rings. The molecule has 0 atom stereocenters. The summed E-state index contributed by atoms with van der Waals surface area (Å²) in [5, 5.41) is 3.13. The van der Waals surface area contributed by atoms with Crippen LogP contribution >= 0.6 is 0 Å². The molecule has 0 aliphatic carbocycles. The van der Waals surface area contributed by atoms with Gasteiger partial charge in [0.1, 0.15) is 0 Å². The van der Waals surface area contributed by atoms with Gasteiger partial charge in [-0.3, -0.25) is 0 Å². The van der Waals surface area contributed by atoms with Crippen molar-refractivity contribution in [2.45, 2.75) is 19.8 Å². The second kappa shape index (κ2) is 3.38. The van der Waals surface area contributed by atoms with Crippen LogP contribution in [0, 0.1) is 0 Å². The lowest BCUT2D eigenvalue weighted by molar-refractivity contribution is 0.382. The first kappa shape index (κ1) is 6.46. The minimum atomic E-state index is 1.00. The average molecular weight is 126 g/mol. The van der Waals surface area contributed by atoms with E-state index in [1.807, 2.05) is 6.20 Å². The molecule has 0 saturated heterocycles. The maximum absolute atomic E-state index is 3.13. The molecular formula is C7H14N2. The lowest BCUT2D eigenvalue weighted by Crippen LogP contribution is -2.21. The van der Waals surface area contributed by atoms with Crippen molar-refractivity contribution < 1.29 is 0 Å². The Labute approximate surface area is 56.5 Å². The Morgan fingerprint density at radius 3 is 3.11 bits per heavy atom. The van der Waals surface area contributed by atoms with E-state index in [2.05, 4.69) is 23.3 Å². The summed E-state index contributed by atoms with van der Waals surface area (Å²) in [6.07, 6.45) is 6.68. The van der Waals surface area contributed by atoms with Crippen LogP contribution in [0.2, 0.25) is 0 Å². The lowest BCUT2D eigenvalue weighted by atomic mass is 10.3. The highest BCUT2D eigenvalue weighted by molar-refractivity contribution is 4.86. The third-order valence-electron chi connectivity index (χ3n) is 1.50. The van der Waals surface area contributed by atoms with Gasteiger partial charge in [0.25, 0.3) is 0 Å². The third-order valence-corrected chi connectivity index (χ3v) is 1.50. The van der Waals surface area contributed by atoms with Crippen LogP contribution < -0.4 is 5.32 Å². The van der Waals surface area contributed by atoms with Crippen molar-refractivity contribution in [3.63, 3.8) is 0 Å². The summed E-state index contributed by atoms with van der Waals surface area (Å²) >= 11 is 0. The van der Waals surface area contributed by atoms with E-state index in [9.17, 15) is 0 Å². The smallest absolute Gasteiger partial charge is 0.0867 e. The largest absolute Gasteiger partial charge is 0.373 e. The van der Waals surface area contributed by atoms with Crippen molar-refractivity contribution in [3.05, 3.63) is 12.4 Å². The van der Waals surface area contributed by atoms with Gasteiger partial charge in [-0.05, 0) is 6.42 Å². The van der Waals surface area contributed by atoms with E-state index in [0.717, 1.165) is 6.67 Å². The molecule has 0 aromatic carbocycles. The van der Waals surface area contributed by atoms with Crippen molar-refractivity contribution in [2.75, 3.05) is 13.2 Å². The number of hydrogen-bond donors (Lipinski definition) is 1. The van der Waals surface area contributed by atoms with Crippen LogP contribution in [-0.4, -0.2) is 18.1 Å². The number of nitrogens with zero attached hydrogens (tertiary/aromatic N) is 1. The molecular weight excluding hydrogens is 112 g/mol. The Morgan fingerprint density at radius 2 is 2.56 bits per heavy atom. The van der Waals surface area contributed by atoms with Gasteiger partial charge in [-0.2, -0.15) is 0 Å². The first-order valence-electron chi connectivity index (χ1n) is 3.57. The number of hydrogen-bond acceptors (Lipinski definition) is 2. The fourth-order valence-corrected chi connectivity index (χ4v) is 0.896. The highest BCUT2D eigenvalue weighted by atomic mass is 15.2. The molecule has 52 valence electrons. The summed E-state index contributed by atoms with van der Waals surface area (Å²) in [6, 6.07) is 0. The number of nitrogens with one attached hydrogen (secondary N) is 1. The normalized spacial score (nSPS) is 16.3. The minimum Gasteiger partial charge on any atom is -0.373 e. The molecule has 1 N–H and O–H groups in total. The molecule has 2 heteroatoms. The predicted molar refractivity (Wildman–Crippen MR) is 38.8 cm³/mol. The lowest BCUT2D eigenvalue weighted by Gasteiger charge is -2.12. The van der Waals surface area contributed by atoms with Gasteiger partial charge >= 0.3 is 0 Å². The molecule has 0 amide bonds. The Balaban J connectivity index is 2.05. The van der Waals surface area contributed by atoms with Crippen LogP contribution in [0.1, 0.15) is 19.8 Å². The molecule has 0 radical (unpaired) electrons. The monoisotopic (exact) mass is 126 g/mol. The van der Waals surface area contributed by atoms with Gasteiger partial charge in [0.2, 0.25) is 0 Å². The van der Waals surface area contributed by atoms with Gasteiger partial charge in [-0.1, -0.05) is 13.3 Å². The quantitative estimate of drug-likeness (QED) is 0.609. The molecule has 1 aliphatic heterocycles. The molecule has 0 unspecified atom stereocenters. The number of unbranched alkanes of at least 4 members (excludes halogenated alkanes) is 1. The van der Waals surface area contributed by atoms with Gasteiger partial charge in [0, 0.05) is 18.9 Å². The number of rotatable bonds is 3.